The van der Waals surface area contributed by atoms with Gasteiger partial charge in [0.05, 0.1) is 29.3 Å². The summed E-state index contributed by atoms with van der Waals surface area (Å²) in [4.78, 5) is 22.7. The van der Waals surface area contributed by atoms with Gasteiger partial charge in [-0.3, -0.25) is 4.79 Å². The quantitative estimate of drug-likeness (QED) is 0.208. The molecule has 2 aromatic carbocycles. The van der Waals surface area contributed by atoms with E-state index in [1.54, 1.807) is 24.1 Å². The van der Waals surface area contributed by atoms with Crippen molar-refractivity contribution in [1.29, 1.82) is 0 Å². The minimum atomic E-state index is -1.90. The van der Waals surface area contributed by atoms with Crippen LogP contribution in [0, 0.1) is 0 Å². The standard InChI is InChI=1S/C29H33Cl2N5O3Si/c1-29(2,3)40(5,6)38-13-12-36-25(31)16-21-27(36)28(33-17-32-21)34-18-10-11-24(20(30)14-18)39-23-9-7-8-22-19(23)15-26(37)35(22)4/h7-11,14,16-17H,12-13,15H2,1-6H3,(H,32,33,34). The maximum absolute atomic E-state index is 12.2. The fourth-order valence-corrected chi connectivity index (χ4v) is 5.97. The van der Waals surface area contributed by atoms with Gasteiger partial charge in [0.1, 0.15) is 28.5 Å². The van der Waals surface area contributed by atoms with Crippen LogP contribution >= 0.6 is 23.2 Å². The molecule has 40 heavy (non-hydrogen) atoms. The second kappa shape index (κ2) is 10.7. The molecule has 0 aliphatic carbocycles. The molecule has 1 aliphatic heterocycles. The van der Waals surface area contributed by atoms with Gasteiger partial charge in [0, 0.05) is 30.9 Å². The summed E-state index contributed by atoms with van der Waals surface area (Å²) in [6.45, 7) is 12.2. The summed E-state index contributed by atoms with van der Waals surface area (Å²) < 4.78 is 14.5. The molecule has 0 fully saturated rings. The maximum atomic E-state index is 12.2. The zero-order valence-corrected chi connectivity index (χ0v) is 26.0. The van der Waals surface area contributed by atoms with Crippen molar-refractivity contribution in [3.63, 3.8) is 0 Å². The number of nitrogens with zero attached hydrogens (tertiary/aromatic N) is 4. The number of anilines is 3. The van der Waals surface area contributed by atoms with Gasteiger partial charge in [-0.1, -0.05) is 50.0 Å². The van der Waals surface area contributed by atoms with Gasteiger partial charge in [0.25, 0.3) is 0 Å². The highest BCUT2D eigenvalue weighted by molar-refractivity contribution is 6.74. The highest BCUT2D eigenvalue weighted by Gasteiger charge is 2.37. The molecule has 0 saturated carbocycles. The lowest BCUT2D eigenvalue weighted by molar-refractivity contribution is -0.117. The fraction of sp³-hybridized carbons (Fsp3) is 0.345. The van der Waals surface area contributed by atoms with Crippen molar-refractivity contribution in [1.82, 2.24) is 14.5 Å². The summed E-state index contributed by atoms with van der Waals surface area (Å²) in [5, 5.41) is 4.47. The molecule has 0 atom stereocenters. The van der Waals surface area contributed by atoms with Crippen LogP contribution in [0.5, 0.6) is 11.5 Å². The number of halogens is 2. The van der Waals surface area contributed by atoms with E-state index in [1.165, 1.54) is 6.33 Å². The molecular formula is C29H33Cl2N5O3Si. The molecule has 5 rings (SSSR count). The van der Waals surface area contributed by atoms with Crippen LogP contribution in [0.1, 0.15) is 26.3 Å². The first-order chi connectivity index (χ1) is 18.9. The van der Waals surface area contributed by atoms with Crippen LogP contribution in [-0.4, -0.2) is 42.4 Å². The Hall–Kier alpha value is -3.11. The van der Waals surface area contributed by atoms with E-state index >= 15 is 0 Å². The molecule has 11 heteroatoms. The third kappa shape index (κ3) is 5.43. The number of hydrogen-bond acceptors (Lipinski definition) is 6. The topological polar surface area (TPSA) is 81.5 Å². The van der Waals surface area contributed by atoms with E-state index in [-0.39, 0.29) is 10.9 Å². The number of likely N-dealkylation sites (N-methyl/N-ethyl adjacent to an activating group) is 1. The Morgan fingerprint density at radius 3 is 2.58 bits per heavy atom. The van der Waals surface area contributed by atoms with Gasteiger partial charge in [0.15, 0.2) is 14.1 Å². The first kappa shape index (κ1) is 28.4. The van der Waals surface area contributed by atoms with E-state index in [9.17, 15) is 4.79 Å². The Bertz CT molecular complexity index is 1600. The number of benzene rings is 2. The normalized spacial score (nSPS) is 13.7. The average molecular weight is 599 g/mol. The summed E-state index contributed by atoms with van der Waals surface area (Å²) in [5.74, 6) is 1.74. The molecule has 0 unspecified atom stereocenters. The smallest absolute Gasteiger partial charge is 0.231 e. The molecule has 210 valence electrons. The molecule has 0 bridgehead atoms. The predicted octanol–water partition coefficient (Wildman–Crippen LogP) is 7.81. The number of carbonyl (C=O) groups is 1. The highest BCUT2D eigenvalue weighted by Crippen LogP contribution is 2.40. The molecule has 1 amide bonds. The van der Waals surface area contributed by atoms with Crippen LogP contribution in [0.3, 0.4) is 0 Å². The zero-order valence-electron chi connectivity index (χ0n) is 23.5. The van der Waals surface area contributed by atoms with Gasteiger partial charge in [-0.25, -0.2) is 9.97 Å². The van der Waals surface area contributed by atoms with Crippen LogP contribution in [0.2, 0.25) is 28.3 Å². The van der Waals surface area contributed by atoms with Crippen LogP contribution in [-0.2, 0) is 22.2 Å². The van der Waals surface area contributed by atoms with Crippen molar-refractivity contribution >= 4 is 65.7 Å². The van der Waals surface area contributed by atoms with E-state index in [4.69, 9.17) is 32.4 Å². The van der Waals surface area contributed by atoms with Crippen molar-refractivity contribution < 1.29 is 14.0 Å². The zero-order chi connectivity index (χ0) is 28.8. The second-order valence-corrected chi connectivity index (χ2v) is 17.0. The third-order valence-corrected chi connectivity index (χ3v) is 13.0. The molecule has 0 spiro atoms. The van der Waals surface area contributed by atoms with Crippen molar-refractivity contribution in [3.05, 3.63) is 64.5 Å². The lowest BCUT2D eigenvalue weighted by Crippen LogP contribution is -2.41. The summed E-state index contributed by atoms with van der Waals surface area (Å²) in [6, 6.07) is 12.9. The number of aromatic nitrogens is 3. The van der Waals surface area contributed by atoms with Gasteiger partial charge in [-0.15, -0.1) is 0 Å². The van der Waals surface area contributed by atoms with Gasteiger partial charge < -0.3 is 23.9 Å². The fourth-order valence-electron chi connectivity index (χ4n) is 4.44. The molecule has 1 aliphatic rings. The largest absolute Gasteiger partial charge is 0.455 e. The monoisotopic (exact) mass is 597 g/mol. The molecular weight excluding hydrogens is 565 g/mol. The maximum Gasteiger partial charge on any atom is 0.231 e. The molecule has 1 N–H and O–H groups in total. The number of amides is 1. The summed E-state index contributed by atoms with van der Waals surface area (Å²) in [6.07, 6.45) is 1.80. The Morgan fingerprint density at radius 1 is 1.07 bits per heavy atom. The van der Waals surface area contributed by atoms with E-state index in [2.05, 4.69) is 49.1 Å². The lowest BCUT2D eigenvalue weighted by Gasteiger charge is -2.36. The van der Waals surface area contributed by atoms with Crippen LogP contribution in [0.15, 0.2) is 48.8 Å². The summed E-state index contributed by atoms with van der Waals surface area (Å²) in [5.41, 5.74) is 3.95. The Labute approximate surface area is 245 Å². The lowest BCUT2D eigenvalue weighted by atomic mass is 10.1. The van der Waals surface area contributed by atoms with Crippen LogP contribution in [0.4, 0.5) is 17.2 Å². The molecule has 2 aromatic heterocycles. The molecule has 0 radical (unpaired) electrons. The van der Waals surface area contributed by atoms with E-state index in [0.29, 0.717) is 47.1 Å². The van der Waals surface area contributed by atoms with Crippen molar-refractivity contribution in [2.75, 3.05) is 23.9 Å². The Balaban J connectivity index is 1.36. The van der Waals surface area contributed by atoms with Crippen LogP contribution in [0.25, 0.3) is 11.0 Å². The molecule has 4 aromatic rings. The van der Waals surface area contributed by atoms with Crippen molar-refractivity contribution in [2.24, 2.45) is 0 Å². The second-order valence-electron chi connectivity index (χ2n) is 11.4. The molecule has 0 saturated heterocycles. The average Bonchev–Trinajstić information content (AvgIpc) is 3.36. The van der Waals surface area contributed by atoms with Crippen molar-refractivity contribution in [3.8, 4) is 11.5 Å². The first-order valence-corrected chi connectivity index (χ1v) is 16.8. The van der Waals surface area contributed by atoms with Gasteiger partial charge >= 0.3 is 0 Å². The van der Waals surface area contributed by atoms with Gasteiger partial charge in [0.2, 0.25) is 5.91 Å². The molecule has 3 heterocycles. The number of hydrogen-bond donors (Lipinski definition) is 1. The number of carbonyl (C=O) groups excluding carboxylic acids is 1. The SMILES string of the molecule is CN1C(=O)Cc2c(Oc3ccc(Nc4ncnc5cc(Cl)n(CCO[Si](C)(C)C(C)(C)C)c45)cc3Cl)cccc21. The summed E-state index contributed by atoms with van der Waals surface area (Å²) in [7, 11) is -0.135. The Kier molecular flexibility index (Phi) is 7.60. The summed E-state index contributed by atoms with van der Waals surface area (Å²) >= 11 is 13.3. The molecule has 8 nitrogen and oxygen atoms in total. The van der Waals surface area contributed by atoms with E-state index in [0.717, 1.165) is 28.0 Å². The number of nitrogens with one attached hydrogen (secondary N) is 1. The number of fused-ring (bicyclic) bond motifs is 2. The minimum Gasteiger partial charge on any atom is -0.455 e. The first-order valence-electron chi connectivity index (χ1n) is 13.1. The van der Waals surface area contributed by atoms with E-state index < -0.39 is 8.32 Å². The number of rotatable bonds is 8. The minimum absolute atomic E-state index is 0.0317. The van der Waals surface area contributed by atoms with Crippen molar-refractivity contribution in [2.45, 2.75) is 51.9 Å². The van der Waals surface area contributed by atoms with Gasteiger partial charge in [-0.2, -0.15) is 0 Å². The number of ether oxygens (including phenoxy) is 1. The Morgan fingerprint density at radius 2 is 1.85 bits per heavy atom. The van der Waals surface area contributed by atoms with E-state index in [1.807, 2.05) is 34.9 Å². The predicted molar refractivity (Wildman–Crippen MR) is 164 cm³/mol. The highest BCUT2D eigenvalue weighted by atomic mass is 35.5. The third-order valence-electron chi connectivity index (χ3n) is 7.80. The van der Waals surface area contributed by atoms with Gasteiger partial charge in [-0.05, 0) is 48.5 Å². The van der Waals surface area contributed by atoms with Crippen LogP contribution < -0.4 is 15.0 Å².